The average Bonchev–Trinajstić information content (AvgIpc) is 0.811. The van der Waals surface area contributed by atoms with Gasteiger partial charge in [0.05, 0.1) is 0 Å². The van der Waals surface area contributed by atoms with Crippen LogP contribution < -0.4 is 47.9 Å². The predicted octanol–water partition coefficient (Wildman–Crippen LogP) is -20.8. The zero-order valence-electron chi connectivity index (χ0n) is 11.2. The van der Waals surface area contributed by atoms with Gasteiger partial charge in [-0.2, -0.15) is 0 Å². The summed E-state index contributed by atoms with van der Waals surface area (Å²) in [6.45, 7) is 0. The third-order valence-corrected chi connectivity index (χ3v) is 0. The molecule has 0 aromatic rings. The van der Waals surface area contributed by atoms with E-state index in [0.29, 0.717) is 0 Å². The average molecular weight is 344 g/mol. The second-order valence-corrected chi connectivity index (χ2v) is 0.250. The molecule has 0 saturated carbocycles. The van der Waals surface area contributed by atoms with E-state index in [9.17, 15) is 0 Å². The first-order valence-electron chi connectivity index (χ1n) is 0.612. The summed E-state index contributed by atoms with van der Waals surface area (Å²) in [6.07, 6.45) is -2.33. The molecule has 0 aromatic carbocycles. The predicted molar refractivity (Wildman–Crippen MR) is 59.6 cm³/mol. The zero-order chi connectivity index (χ0) is 3.58. The fourth-order valence-electron chi connectivity index (χ4n) is 0. The molecule has 21 heavy (non-hydrogen) atoms. The Labute approximate surface area is 141 Å². The molecule has 0 aromatic heterocycles. The zero-order valence-corrected chi connectivity index (χ0v) is 11.2. The van der Waals surface area contributed by atoms with Crippen molar-refractivity contribution in [2.75, 3.05) is 0 Å². The fraction of sp³-hybridized carbons (Fsp3) is 0. The molecule has 0 unspecified atom stereocenters. The Bertz CT molecular complexity index is 38.2. The molecule has 30 N–H and O–H groups in total. The van der Waals surface area contributed by atoms with E-state index < -0.39 is 6.16 Å². The van der Waals surface area contributed by atoms with Crippen molar-refractivity contribution in [1.82, 2.24) is 0 Å². The van der Waals surface area contributed by atoms with Crippen LogP contribution in [0.2, 0.25) is 0 Å². The van der Waals surface area contributed by atoms with Crippen molar-refractivity contribution in [1.29, 1.82) is 0 Å². The van der Waals surface area contributed by atoms with Gasteiger partial charge in [0.25, 0.3) is 0 Å². The van der Waals surface area contributed by atoms with Crippen LogP contribution in [0, 0.1) is 0 Å². The van der Waals surface area contributed by atoms with Gasteiger partial charge in [-0.15, -0.1) is 0 Å². The van der Waals surface area contributed by atoms with E-state index in [0.717, 1.165) is 0 Å². The molecule has 0 bridgehead atoms. The van der Waals surface area contributed by atoms with Crippen molar-refractivity contribution >= 4 is 6.16 Å². The van der Waals surface area contributed by atoms with Gasteiger partial charge in [-0.05, 0) is 6.16 Å². The molecule has 0 atom stereocenters. The molecule has 0 rings (SSSR count). The van der Waals surface area contributed by atoms with Crippen LogP contribution in [0.4, 0.5) is 4.79 Å². The van der Waals surface area contributed by atoms with Crippen molar-refractivity contribution in [3.05, 3.63) is 0 Å². The maximum absolute atomic E-state index is 8.33. The molecule has 0 aliphatic carbocycles. The molecule has 0 saturated heterocycles. The first-order chi connectivity index (χ1) is 1.73. The van der Waals surface area contributed by atoms with Crippen LogP contribution in [0.25, 0.3) is 0 Å². The van der Waals surface area contributed by atoms with Crippen LogP contribution in [-0.4, -0.2) is 88.3 Å². The maximum Gasteiger partial charge on any atom is 1.00 e. The Morgan fingerprint density at radius 2 is 0.381 bits per heavy atom. The first kappa shape index (κ1) is 1000. The van der Waals surface area contributed by atoms with Crippen molar-refractivity contribution in [2.45, 2.75) is 0 Å². The van der Waals surface area contributed by atoms with E-state index in [-0.39, 0.29) is 120 Å². The maximum atomic E-state index is 8.33. The van der Waals surface area contributed by atoms with Crippen molar-refractivity contribution < 1.29 is 135 Å². The third-order valence-electron chi connectivity index (χ3n) is 0. The van der Waals surface area contributed by atoms with Gasteiger partial charge in [-0.1, -0.05) is 0 Å². The fourth-order valence-corrected chi connectivity index (χ4v) is 0. The summed E-state index contributed by atoms with van der Waals surface area (Å²) in [5.41, 5.74) is 0. The molecule has 0 heterocycles. The molecule has 18 nitrogen and oxygen atoms in total. The number of carbonyl (C=O) groups excluding carboxylic acids is 1. The number of hydrogen-bond acceptors (Lipinski definition) is 3. The quantitative estimate of drug-likeness (QED) is 0.386. The second-order valence-electron chi connectivity index (χ2n) is 0.250. The number of rotatable bonds is 0. The monoisotopic (exact) mass is 344 g/mol. The topological polar surface area (TPSA) is 536 Å². The second kappa shape index (κ2) is 861. The molecule has 0 aliphatic rings. The van der Waals surface area contributed by atoms with E-state index in [2.05, 4.69) is 0 Å². The van der Waals surface area contributed by atoms with Crippen LogP contribution in [0.1, 0.15) is 0 Å². The molecule has 0 fully saturated rings. The molecule has 0 aliphatic heterocycles. The van der Waals surface area contributed by atoms with E-state index in [1.54, 1.807) is 0 Å². The van der Waals surface area contributed by atoms with E-state index in [1.807, 2.05) is 0 Å². The molecular weight excluding hydrogens is 314 g/mol. The van der Waals surface area contributed by atoms with Crippen LogP contribution >= 0.6 is 0 Å². The minimum atomic E-state index is -2.33. The Morgan fingerprint density at radius 3 is 0.381 bits per heavy atom. The van der Waals surface area contributed by atoms with Gasteiger partial charge in [0, 0.05) is 0 Å². The normalized spacial score (nSPS) is 1.14. The van der Waals surface area contributed by atoms with E-state index >= 15 is 0 Å². The van der Waals surface area contributed by atoms with Gasteiger partial charge in [0.1, 0.15) is 0 Å². The third kappa shape index (κ3) is 347000. The Hall–Kier alpha value is -0.135. The van der Waals surface area contributed by atoms with Crippen molar-refractivity contribution in [3.63, 3.8) is 0 Å². The molecule has 144 valence electrons. The summed E-state index contributed by atoms with van der Waals surface area (Å²) in [4.78, 5) is 8.33. The van der Waals surface area contributed by atoms with Gasteiger partial charge < -0.3 is 97.2 Å². The summed E-state index contributed by atoms with van der Waals surface area (Å²) in [5.74, 6) is 0. The van der Waals surface area contributed by atoms with Crippen molar-refractivity contribution in [3.8, 4) is 0 Å². The van der Waals surface area contributed by atoms with Crippen LogP contribution in [0.3, 0.4) is 0 Å². The Kier molecular flexibility index (Phi) is 41200. The minimum Gasteiger partial charge on any atom is -0.652 e. The van der Waals surface area contributed by atoms with Gasteiger partial charge in [-0.3, -0.25) is 0 Å². The molecule has 0 radical (unpaired) electrons. The van der Waals surface area contributed by atoms with Crippen LogP contribution in [0.15, 0.2) is 0 Å². The van der Waals surface area contributed by atoms with Crippen LogP contribution in [0.5, 0.6) is 0 Å². The molecule has 0 amide bonds. The largest absolute Gasteiger partial charge is 1.00 e. The minimum absolute atomic E-state index is 0. The molecule has 0 spiro atoms. The smallest absolute Gasteiger partial charge is 0.652 e. The van der Waals surface area contributed by atoms with Gasteiger partial charge >= 0.3 is 37.7 Å². The summed E-state index contributed by atoms with van der Waals surface area (Å²) in [5, 5.41) is 16.7. The summed E-state index contributed by atoms with van der Waals surface area (Å²) in [7, 11) is 0. The van der Waals surface area contributed by atoms with Gasteiger partial charge in [0.2, 0.25) is 0 Å². The summed E-state index contributed by atoms with van der Waals surface area (Å²) in [6, 6.07) is 0. The number of carboxylic acid groups (broad SMARTS) is 2. The van der Waals surface area contributed by atoms with Gasteiger partial charge in [0.15, 0.2) is 0 Å². The van der Waals surface area contributed by atoms with E-state index in [4.69, 9.17) is 15.0 Å². The number of hydrogen-bond donors (Lipinski definition) is 0. The van der Waals surface area contributed by atoms with Crippen LogP contribution in [-0.2, 0) is 0 Å². The number of carbonyl (C=O) groups is 1. The SMILES string of the molecule is O.O.O.O.O.O.O.O.O.O.O.O.O.O.O.O=C([O-])[O-].[Li+].[Li+]. The Morgan fingerprint density at radius 1 is 0.381 bits per heavy atom. The Balaban J connectivity index is -0.000000000331. The first-order valence-corrected chi connectivity index (χ1v) is 0.612. The van der Waals surface area contributed by atoms with Gasteiger partial charge in [-0.25, -0.2) is 0 Å². The molecule has 20 heteroatoms. The van der Waals surface area contributed by atoms with E-state index in [1.165, 1.54) is 0 Å². The molecular formula is CH30Li2O18. The summed E-state index contributed by atoms with van der Waals surface area (Å²) < 4.78 is 0. The summed E-state index contributed by atoms with van der Waals surface area (Å²) >= 11 is 0. The standard InChI is InChI=1S/CH2O3.2Li.15H2O/c2-1(3)4;;;;;;;;;;;;;;;;;/h(H2,2,3,4);;;15*1H2/q;2*+1;;;;;;;;;;;;;;;/p-2. The van der Waals surface area contributed by atoms with Crippen molar-refractivity contribution in [2.24, 2.45) is 0 Å².